The van der Waals surface area contributed by atoms with Crippen molar-refractivity contribution in [1.29, 1.82) is 0 Å². The van der Waals surface area contributed by atoms with E-state index < -0.39 is 11.7 Å². The number of Topliss-reactive ketones (excluding diaryl/α,β-unsaturated/α-hetero) is 1. The summed E-state index contributed by atoms with van der Waals surface area (Å²) >= 11 is 0. The molecule has 2 aromatic rings. The van der Waals surface area contributed by atoms with Crippen molar-refractivity contribution in [2.24, 2.45) is 0 Å². The van der Waals surface area contributed by atoms with E-state index in [1.54, 1.807) is 0 Å². The maximum atomic E-state index is 12.7. The molecule has 22 heavy (non-hydrogen) atoms. The van der Waals surface area contributed by atoms with Gasteiger partial charge in [-0.3, -0.25) is 4.79 Å². The number of carbonyl (C=O) groups is 1. The van der Waals surface area contributed by atoms with Gasteiger partial charge in [-0.25, -0.2) is 0 Å². The highest BCUT2D eigenvalue weighted by atomic mass is 19.4. The van der Waals surface area contributed by atoms with Gasteiger partial charge in [0.25, 0.3) is 0 Å². The fourth-order valence-electron chi connectivity index (χ4n) is 2.33. The summed E-state index contributed by atoms with van der Waals surface area (Å²) in [5.74, 6) is -0.271. The van der Waals surface area contributed by atoms with Crippen molar-refractivity contribution >= 4 is 5.78 Å². The van der Waals surface area contributed by atoms with Crippen LogP contribution in [-0.4, -0.2) is 5.78 Å². The van der Waals surface area contributed by atoms with Gasteiger partial charge in [-0.15, -0.1) is 0 Å². The summed E-state index contributed by atoms with van der Waals surface area (Å²) in [6.45, 7) is 3.93. The molecule has 0 aliphatic carbocycles. The quantitative estimate of drug-likeness (QED) is 0.715. The summed E-state index contributed by atoms with van der Waals surface area (Å²) in [4.78, 5) is 12.1. The van der Waals surface area contributed by atoms with Crippen molar-refractivity contribution in [3.8, 4) is 0 Å². The highest BCUT2D eigenvalue weighted by Crippen LogP contribution is 2.29. The van der Waals surface area contributed by atoms with Crippen LogP contribution in [0.5, 0.6) is 0 Å². The molecule has 0 fully saturated rings. The minimum absolute atomic E-state index is 0.111. The van der Waals surface area contributed by atoms with Gasteiger partial charge in [0.05, 0.1) is 5.56 Å². The van der Waals surface area contributed by atoms with Crippen molar-refractivity contribution in [1.82, 2.24) is 0 Å². The van der Waals surface area contributed by atoms with Crippen molar-refractivity contribution in [2.75, 3.05) is 0 Å². The second kappa shape index (κ2) is 6.34. The van der Waals surface area contributed by atoms with E-state index in [-0.39, 0.29) is 17.8 Å². The highest BCUT2D eigenvalue weighted by Gasteiger charge is 2.30. The molecule has 4 heteroatoms. The third-order valence-electron chi connectivity index (χ3n) is 3.64. The Hall–Kier alpha value is -2.10. The van der Waals surface area contributed by atoms with Crippen LogP contribution in [-0.2, 0) is 12.6 Å². The fourth-order valence-corrected chi connectivity index (χ4v) is 2.33. The van der Waals surface area contributed by atoms with Gasteiger partial charge in [-0.1, -0.05) is 35.9 Å². The lowest BCUT2D eigenvalue weighted by Gasteiger charge is -2.09. The van der Waals surface area contributed by atoms with Crippen LogP contribution in [0, 0.1) is 13.8 Å². The zero-order valence-electron chi connectivity index (χ0n) is 12.5. The SMILES string of the molecule is Cc1ccc(C)c(CCC(=O)c2cccc(C(F)(F)F)c2)c1. The van der Waals surface area contributed by atoms with Crippen molar-refractivity contribution in [3.05, 3.63) is 70.3 Å². The second-order valence-electron chi connectivity index (χ2n) is 5.43. The Kier molecular flexibility index (Phi) is 4.69. The van der Waals surface area contributed by atoms with Crippen LogP contribution < -0.4 is 0 Å². The number of halogens is 3. The largest absolute Gasteiger partial charge is 0.416 e. The predicted molar refractivity (Wildman–Crippen MR) is 80.0 cm³/mol. The number of hydrogen-bond acceptors (Lipinski definition) is 1. The first kappa shape index (κ1) is 16.3. The third-order valence-corrected chi connectivity index (χ3v) is 3.64. The lowest BCUT2D eigenvalue weighted by Crippen LogP contribution is -2.08. The summed E-state index contributed by atoms with van der Waals surface area (Å²) in [6, 6.07) is 10.6. The number of alkyl halides is 3. The Labute approximate surface area is 127 Å². The van der Waals surface area contributed by atoms with Gasteiger partial charge >= 0.3 is 6.18 Å². The molecule has 0 heterocycles. The van der Waals surface area contributed by atoms with Gasteiger partial charge < -0.3 is 0 Å². The molecule has 0 radical (unpaired) electrons. The average molecular weight is 306 g/mol. The summed E-state index contributed by atoms with van der Waals surface area (Å²) in [5.41, 5.74) is 2.57. The van der Waals surface area contributed by atoms with E-state index in [1.807, 2.05) is 32.0 Å². The highest BCUT2D eigenvalue weighted by molar-refractivity contribution is 5.96. The molecular weight excluding hydrogens is 289 g/mol. The van der Waals surface area contributed by atoms with Gasteiger partial charge in [-0.2, -0.15) is 13.2 Å². The minimum atomic E-state index is -4.43. The van der Waals surface area contributed by atoms with E-state index >= 15 is 0 Å². The molecule has 0 unspecified atom stereocenters. The monoisotopic (exact) mass is 306 g/mol. The van der Waals surface area contributed by atoms with E-state index in [2.05, 4.69) is 0 Å². The van der Waals surface area contributed by atoms with Crippen LogP contribution in [0.15, 0.2) is 42.5 Å². The van der Waals surface area contributed by atoms with E-state index in [0.717, 1.165) is 28.8 Å². The van der Waals surface area contributed by atoms with Gasteiger partial charge in [0.2, 0.25) is 0 Å². The Morgan fingerprint density at radius 1 is 1.05 bits per heavy atom. The standard InChI is InChI=1S/C18H17F3O/c1-12-6-7-13(2)14(10-12)8-9-17(22)15-4-3-5-16(11-15)18(19,20)21/h3-7,10-11H,8-9H2,1-2H3. The Bertz CT molecular complexity index is 687. The molecule has 2 aromatic carbocycles. The van der Waals surface area contributed by atoms with Crippen LogP contribution in [0.1, 0.15) is 39.0 Å². The molecule has 0 aromatic heterocycles. The van der Waals surface area contributed by atoms with Crippen LogP contribution in [0.3, 0.4) is 0 Å². The van der Waals surface area contributed by atoms with Crippen molar-refractivity contribution < 1.29 is 18.0 Å². The van der Waals surface area contributed by atoms with Crippen molar-refractivity contribution in [3.63, 3.8) is 0 Å². The summed E-state index contributed by atoms with van der Waals surface area (Å²) < 4.78 is 38.0. The molecule has 1 nitrogen and oxygen atoms in total. The zero-order chi connectivity index (χ0) is 16.3. The number of benzene rings is 2. The molecule has 0 amide bonds. The first-order chi connectivity index (χ1) is 10.3. The first-order valence-electron chi connectivity index (χ1n) is 7.04. The van der Waals surface area contributed by atoms with Gasteiger partial charge in [-0.05, 0) is 43.5 Å². The van der Waals surface area contributed by atoms with Gasteiger partial charge in [0.1, 0.15) is 0 Å². The Morgan fingerprint density at radius 3 is 2.45 bits per heavy atom. The number of ketones is 1. The fraction of sp³-hybridized carbons (Fsp3) is 0.278. The van der Waals surface area contributed by atoms with Gasteiger partial charge in [0.15, 0.2) is 5.78 Å². The molecule has 0 bridgehead atoms. The lowest BCUT2D eigenvalue weighted by atomic mass is 9.97. The second-order valence-corrected chi connectivity index (χ2v) is 5.43. The molecule has 0 saturated heterocycles. The van der Waals surface area contributed by atoms with Crippen LogP contribution in [0.2, 0.25) is 0 Å². The van der Waals surface area contributed by atoms with E-state index in [1.165, 1.54) is 12.1 Å². The van der Waals surface area contributed by atoms with Crippen LogP contribution >= 0.6 is 0 Å². The molecular formula is C18H17F3O. The molecule has 0 aliphatic heterocycles. The molecule has 116 valence electrons. The maximum absolute atomic E-state index is 12.7. The van der Waals surface area contributed by atoms with E-state index in [4.69, 9.17) is 0 Å². The number of carbonyl (C=O) groups excluding carboxylic acids is 1. The number of hydrogen-bond donors (Lipinski definition) is 0. The van der Waals surface area contributed by atoms with Crippen LogP contribution in [0.25, 0.3) is 0 Å². The van der Waals surface area contributed by atoms with E-state index in [9.17, 15) is 18.0 Å². The number of rotatable bonds is 4. The molecule has 0 spiro atoms. The molecule has 0 N–H and O–H groups in total. The lowest BCUT2D eigenvalue weighted by molar-refractivity contribution is -0.137. The summed E-state index contributed by atoms with van der Waals surface area (Å²) in [7, 11) is 0. The number of aryl methyl sites for hydroxylation is 3. The minimum Gasteiger partial charge on any atom is -0.294 e. The smallest absolute Gasteiger partial charge is 0.294 e. The normalized spacial score (nSPS) is 11.5. The maximum Gasteiger partial charge on any atom is 0.416 e. The molecule has 0 aliphatic rings. The topological polar surface area (TPSA) is 17.1 Å². The zero-order valence-corrected chi connectivity index (χ0v) is 12.5. The summed E-state index contributed by atoms with van der Waals surface area (Å²) in [6.07, 6.45) is -3.70. The Morgan fingerprint density at radius 2 is 1.77 bits per heavy atom. The van der Waals surface area contributed by atoms with Gasteiger partial charge in [0, 0.05) is 12.0 Å². The molecule has 2 rings (SSSR count). The first-order valence-corrected chi connectivity index (χ1v) is 7.04. The van der Waals surface area contributed by atoms with Crippen LogP contribution in [0.4, 0.5) is 13.2 Å². The summed E-state index contributed by atoms with van der Waals surface area (Å²) in [5, 5.41) is 0. The van der Waals surface area contributed by atoms with Crippen molar-refractivity contribution in [2.45, 2.75) is 32.9 Å². The average Bonchev–Trinajstić information content (AvgIpc) is 2.47. The molecule has 0 saturated carbocycles. The third kappa shape index (κ3) is 3.97. The molecule has 0 atom stereocenters. The Balaban J connectivity index is 2.11. The van der Waals surface area contributed by atoms with E-state index in [0.29, 0.717) is 6.42 Å². The predicted octanol–water partition coefficient (Wildman–Crippen LogP) is 5.14.